The number of benzene rings is 1. The Morgan fingerprint density at radius 1 is 1.23 bits per heavy atom. The maximum absolute atomic E-state index is 12.3. The predicted molar refractivity (Wildman–Crippen MR) is 114 cm³/mol. The van der Waals surface area contributed by atoms with Crippen LogP contribution in [0.4, 0.5) is 5.95 Å². The number of H-pyrrole nitrogens is 1. The molecule has 0 aliphatic carbocycles. The normalized spacial score (nSPS) is 14.0. The van der Waals surface area contributed by atoms with Crippen molar-refractivity contribution in [1.82, 2.24) is 14.9 Å². The summed E-state index contributed by atoms with van der Waals surface area (Å²) in [6.07, 6.45) is 4.84. The smallest absolute Gasteiger partial charge is 0.260 e. The van der Waals surface area contributed by atoms with Crippen LogP contribution in [0.3, 0.4) is 0 Å². The predicted octanol–water partition coefficient (Wildman–Crippen LogP) is 2.31. The van der Waals surface area contributed by atoms with Gasteiger partial charge in [0.15, 0.2) is 18.1 Å². The van der Waals surface area contributed by atoms with Gasteiger partial charge in [0.2, 0.25) is 5.95 Å². The van der Waals surface area contributed by atoms with E-state index in [1.54, 1.807) is 31.3 Å². The molecule has 0 spiro atoms. The van der Waals surface area contributed by atoms with Crippen LogP contribution in [0, 0.1) is 6.92 Å². The molecule has 0 radical (unpaired) electrons. The number of anilines is 1. The highest BCUT2D eigenvalue weighted by molar-refractivity contribution is 5.81. The highest BCUT2D eigenvalue weighted by Gasteiger charge is 2.17. The minimum Gasteiger partial charge on any atom is -0.490 e. The number of carbonyl (C=O) groups excluding carboxylic acids is 1. The zero-order valence-corrected chi connectivity index (χ0v) is 17.3. The van der Waals surface area contributed by atoms with Gasteiger partial charge in [0.1, 0.15) is 0 Å². The van der Waals surface area contributed by atoms with Gasteiger partial charge in [-0.25, -0.2) is 10.4 Å². The van der Waals surface area contributed by atoms with E-state index >= 15 is 0 Å². The molecule has 1 fully saturated rings. The third kappa shape index (κ3) is 6.07. The molecule has 30 heavy (non-hydrogen) atoms. The Kier molecular flexibility index (Phi) is 7.42. The lowest BCUT2D eigenvalue weighted by molar-refractivity contribution is -0.134. The molecule has 1 aromatic heterocycles. The lowest BCUT2D eigenvalue weighted by Crippen LogP contribution is -2.38. The second kappa shape index (κ2) is 10.4. The minimum atomic E-state index is -0.251. The van der Waals surface area contributed by atoms with Gasteiger partial charge < -0.3 is 14.4 Å². The lowest BCUT2D eigenvalue weighted by Gasteiger charge is -2.26. The van der Waals surface area contributed by atoms with Crippen LogP contribution >= 0.6 is 0 Å². The molecule has 0 atom stereocenters. The van der Waals surface area contributed by atoms with Crippen molar-refractivity contribution in [2.24, 2.45) is 5.10 Å². The van der Waals surface area contributed by atoms with E-state index in [0.29, 0.717) is 23.8 Å². The molecule has 1 aromatic carbocycles. The van der Waals surface area contributed by atoms with E-state index in [0.717, 1.165) is 31.5 Å². The Bertz CT molecular complexity index is 951. The van der Waals surface area contributed by atoms with Crippen molar-refractivity contribution in [3.8, 4) is 11.5 Å². The average molecular weight is 413 g/mol. The number of amides is 1. The number of hydrogen-bond acceptors (Lipinski definition) is 7. The molecule has 160 valence electrons. The van der Waals surface area contributed by atoms with E-state index < -0.39 is 0 Å². The zero-order chi connectivity index (χ0) is 21.3. The van der Waals surface area contributed by atoms with Crippen LogP contribution in [-0.2, 0) is 4.79 Å². The summed E-state index contributed by atoms with van der Waals surface area (Å²) in [4.78, 5) is 32.3. The zero-order valence-electron chi connectivity index (χ0n) is 17.3. The fourth-order valence-electron chi connectivity index (χ4n) is 3.17. The van der Waals surface area contributed by atoms with Crippen LogP contribution in [-0.4, -0.2) is 53.3 Å². The van der Waals surface area contributed by atoms with Gasteiger partial charge in [-0.3, -0.25) is 14.6 Å². The fraction of sp³-hybridized carbons (Fsp3) is 0.429. The summed E-state index contributed by atoms with van der Waals surface area (Å²) in [6.45, 7) is 5.65. The summed E-state index contributed by atoms with van der Waals surface area (Å²) >= 11 is 0. The van der Waals surface area contributed by atoms with Crippen molar-refractivity contribution < 1.29 is 14.3 Å². The number of hydrazone groups is 1. The quantitative estimate of drug-likeness (QED) is 0.508. The third-order valence-electron chi connectivity index (χ3n) is 4.58. The summed E-state index contributed by atoms with van der Waals surface area (Å²) < 4.78 is 11.4. The number of carbonyl (C=O) groups is 1. The van der Waals surface area contributed by atoms with Crippen molar-refractivity contribution in [3.05, 3.63) is 45.9 Å². The maximum Gasteiger partial charge on any atom is 0.260 e. The number of piperidine rings is 1. The monoisotopic (exact) mass is 413 g/mol. The highest BCUT2D eigenvalue weighted by Crippen LogP contribution is 2.28. The van der Waals surface area contributed by atoms with Crippen molar-refractivity contribution in [1.29, 1.82) is 0 Å². The summed E-state index contributed by atoms with van der Waals surface area (Å²) in [7, 11) is 0. The largest absolute Gasteiger partial charge is 0.490 e. The van der Waals surface area contributed by atoms with Gasteiger partial charge in [-0.05, 0) is 56.9 Å². The molecule has 1 aliphatic rings. The highest BCUT2D eigenvalue weighted by atomic mass is 16.5. The molecule has 2 N–H and O–H groups in total. The Hall–Kier alpha value is -3.36. The molecule has 9 heteroatoms. The number of ether oxygens (including phenoxy) is 2. The van der Waals surface area contributed by atoms with Gasteiger partial charge >= 0.3 is 0 Å². The summed E-state index contributed by atoms with van der Waals surface area (Å²) in [5.74, 6) is 1.30. The maximum atomic E-state index is 12.3. The van der Waals surface area contributed by atoms with E-state index in [-0.39, 0.29) is 24.0 Å². The second-order valence-electron chi connectivity index (χ2n) is 6.97. The van der Waals surface area contributed by atoms with Gasteiger partial charge in [-0.15, -0.1) is 0 Å². The SMILES string of the molecule is CCOc1cc(/C=N\Nc2nc(C)cc(=O)[nH]2)ccc1OCC(=O)N1CCCCC1. The van der Waals surface area contributed by atoms with Crippen molar-refractivity contribution in [2.75, 3.05) is 31.7 Å². The van der Waals surface area contributed by atoms with E-state index in [4.69, 9.17) is 9.47 Å². The van der Waals surface area contributed by atoms with Crippen LogP contribution in [0.15, 0.2) is 34.2 Å². The molecule has 1 amide bonds. The molecule has 1 saturated heterocycles. The van der Waals surface area contributed by atoms with Gasteiger partial charge in [0.05, 0.1) is 12.8 Å². The van der Waals surface area contributed by atoms with Gasteiger partial charge in [0.25, 0.3) is 11.5 Å². The number of hydrogen-bond donors (Lipinski definition) is 2. The summed E-state index contributed by atoms with van der Waals surface area (Å²) in [5, 5.41) is 4.10. The summed E-state index contributed by atoms with van der Waals surface area (Å²) in [6, 6.07) is 6.74. The molecular weight excluding hydrogens is 386 g/mol. The fourth-order valence-corrected chi connectivity index (χ4v) is 3.17. The topological polar surface area (TPSA) is 109 Å². The van der Waals surface area contributed by atoms with Crippen molar-refractivity contribution in [2.45, 2.75) is 33.1 Å². The first-order valence-corrected chi connectivity index (χ1v) is 10.1. The Morgan fingerprint density at radius 2 is 2.03 bits per heavy atom. The van der Waals surface area contributed by atoms with Crippen LogP contribution in [0.1, 0.15) is 37.4 Å². The van der Waals surface area contributed by atoms with Gasteiger partial charge in [-0.1, -0.05) is 0 Å². The number of aromatic nitrogens is 2. The summed E-state index contributed by atoms with van der Waals surface area (Å²) in [5.41, 5.74) is 3.80. The Morgan fingerprint density at radius 3 is 2.77 bits per heavy atom. The number of aromatic amines is 1. The number of nitrogens with one attached hydrogen (secondary N) is 2. The van der Waals surface area contributed by atoms with Crippen molar-refractivity contribution in [3.63, 3.8) is 0 Å². The lowest BCUT2D eigenvalue weighted by atomic mass is 10.1. The number of rotatable bonds is 8. The van der Waals surface area contributed by atoms with Gasteiger partial charge in [-0.2, -0.15) is 5.10 Å². The minimum absolute atomic E-state index is 0.00775. The Balaban J connectivity index is 1.63. The number of aryl methyl sites for hydroxylation is 1. The molecule has 9 nitrogen and oxygen atoms in total. The van der Waals surface area contributed by atoms with Crippen LogP contribution in [0.5, 0.6) is 11.5 Å². The third-order valence-corrected chi connectivity index (χ3v) is 4.58. The molecule has 0 unspecified atom stereocenters. The first-order chi connectivity index (χ1) is 14.5. The standard InChI is InChI=1S/C21H27N5O4/c1-3-29-18-12-16(13-22-25-21-23-15(2)11-19(27)24-21)7-8-17(18)30-14-20(28)26-9-5-4-6-10-26/h7-8,11-13H,3-6,9-10,14H2,1-2H3,(H2,23,24,25,27)/b22-13-. The van der Waals surface area contributed by atoms with E-state index in [1.165, 1.54) is 12.5 Å². The van der Waals surface area contributed by atoms with Gasteiger partial charge in [0, 0.05) is 24.8 Å². The van der Waals surface area contributed by atoms with E-state index in [2.05, 4.69) is 20.5 Å². The number of likely N-dealkylation sites (tertiary alicyclic amines) is 1. The van der Waals surface area contributed by atoms with E-state index in [9.17, 15) is 9.59 Å². The molecule has 2 aromatic rings. The molecule has 0 saturated carbocycles. The molecule has 1 aliphatic heterocycles. The molecule has 0 bridgehead atoms. The second-order valence-corrected chi connectivity index (χ2v) is 6.97. The first kappa shape index (κ1) is 21.4. The Labute approximate surface area is 175 Å². The van der Waals surface area contributed by atoms with Crippen LogP contribution < -0.4 is 20.5 Å². The van der Waals surface area contributed by atoms with Crippen LogP contribution in [0.2, 0.25) is 0 Å². The molecular formula is C21H27N5O4. The van der Waals surface area contributed by atoms with Crippen molar-refractivity contribution >= 4 is 18.1 Å². The van der Waals surface area contributed by atoms with Crippen LogP contribution in [0.25, 0.3) is 0 Å². The molecule has 3 rings (SSSR count). The average Bonchev–Trinajstić information content (AvgIpc) is 2.73. The van der Waals surface area contributed by atoms with E-state index in [1.807, 2.05) is 11.8 Å². The number of nitrogens with zero attached hydrogens (tertiary/aromatic N) is 3. The first-order valence-electron chi connectivity index (χ1n) is 10.1. The molecule has 2 heterocycles.